The van der Waals surface area contributed by atoms with Crippen molar-refractivity contribution < 1.29 is 9.59 Å². The van der Waals surface area contributed by atoms with Crippen molar-refractivity contribution in [1.29, 1.82) is 0 Å². The lowest BCUT2D eigenvalue weighted by Crippen LogP contribution is -2.21. The van der Waals surface area contributed by atoms with Crippen molar-refractivity contribution in [2.45, 2.75) is 20.4 Å². The van der Waals surface area contributed by atoms with Gasteiger partial charge in [0.1, 0.15) is 0 Å². The van der Waals surface area contributed by atoms with Crippen LogP contribution in [0.4, 0.5) is 0 Å². The van der Waals surface area contributed by atoms with Crippen molar-refractivity contribution >= 4 is 34.6 Å². The van der Waals surface area contributed by atoms with E-state index < -0.39 is 11.7 Å². The summed E-state index contributed by atoms with van der Waals surface area (Å²) in [5, 5.41) is 6.63. The number of halogens is 1. The fraction of sp³-hybridized carbons (Fsp3) is 0.222. The Morgan fingerprint density at radius 3 is 2.65 bits per heavy atom. The molecule has 8 heteroatoms. The molecular formula is C18H17ClN4O2S. The Morgan fingerprint density at radius 1 is 1.27 bits per heavy atom. The minimum atomic E-state index is -0.806. The molecule has 0 fully saturated rings. The number of Topliss-reactive ketones (excluding diaryl/α,β-unsaturated/α-hetero) is 1. The highest BCUT2D eigenvalue weighted by molar-refractivity contribution is 7.07. The molecule has 0 atom stereocenters. The van der Waals surface area contributed by atoms with E-state index in [2.05, 4.69) is 10.1 Å². The van der Waals surface area contributed by atoms with Crippen LogP contribution in [0.3, 0.4) is 0 Å². The molecule has 0 aliphatic carbocycles. The van der Waals surface area contributed by atoms with Crippen molar-refractivity contribution in [3.8, 4) is 0 Å². The molecule has 0 aliphatic heterocycles. The van der Waals surface area contributed by atoms with Crippen LogP contribution < -0.4 is 4.80 Å². The molecule has 0 bridgehead atoms. The van der Waals surface area contributed by atoms with E-state index in [1.165, 1.54) is 11.3 Å². The Bertz CT molecular complexity index is 1060. The molecular weight excluding hydrogens is 372 g/mol. The summed E-state index contributed by atoms with van der Waals surface area (Å²) in [5.41, 5.74) is 2.39. The lowest BCUT2D eigenvalue weighted by molar-refractivity contribution is -0.114. The summed E-state index contributed by atoms with van der Waals surface area (Å²) in [4.78, 5) is 29.4. The van der Waals surface area contributed by atoms with Crippen molar-refractivity contribution in [3.63, 3.8) is 0 Å². The molecule has 134 valence electrons. The summed E-state index contributed by atoms with van der Waals surface area (Å²) in [6.07, 6.45) is 1.81. The van der Waals surface area contributed by atoms with Gasteiger partial charge in [-0.25, -0.2) is 0 Å². The molecule has 3 rings (SSSR count). The number of rotatable bonds is 4. The number of nitrogens with zero attached hydrogens (tertiary/aromatic N) is 4. The lowest BCUT2D eigenvalue weighted by Gasteiger charge is -2.05. The number of hydrogen-bond acceptors (Lipinski definition) is 4. The number of thiazole rings is 1. The van der Waals surface area contributed by atoms with Gasteiger partial charge >= 0.3 is 5.91 Å². The highest BCUT2D eigenvalue weighted by atomic mass is 35.5. The smallest absolute Gasteiger partial charge is 0.319 e. The predicted molar refractivity (Wildman–Crippen MR) is 100 cm³/mol. The van der Waals surface area contributed by atoms with E-state index >= 15 is 0 Å². The molecule has 0 spiro atoms. The summed E-state index contributed by atoms with van der Waals surface area (Å²) in [6.45, 7) is 3.92. The normalized spacial score (nSPS) is 11.8. The third-order valence-electron chi connectivity index (χ3n) is 4.09. The Labute approximate surface area is 159 Å². The Hall–Kier alpha value is -2.51. The number of benzene rings is 1. The van der Waals surface area contributed by atoms with Gasteiger partial charge in [0.05, 0.1) is 17.8 Å². The molecule has 6 nitrogen and oxygen atoms in total. The molecule has 2 heterocycles. The van der Waals surface area contributed by atoms with Crippen LogP contribution in [-0.4, -0.2) is 26.0 Å². The summed E-state index contributed by atoms with van der Waals surface area (Å²) in [7, 11) is 1.73. The quantitative estimate of drug-likeness (QED) is 0.509. The number of hydrogen-bond donors (Lipinski definition) is 0. The average molecular weight is 389 g/mol. The van der Waals surface area contributed by atoms with Gasteiger partial charge in [-0.2, -0.15) is 10.1 Å². The molecule has 1 amide bonds. The number of carbonyl (C=O) groups excluding carboxylic acids is 2. The summed E-state index contributed by atoms with van der Waals surface area (Å²) < 4.78 is 3.37. The SMILES string of the molecule is Cc1nn(C)c(C)c1C(=O)C(=O)N=c1sccn1Cc1ccccc1Cl. The van der Waals surface area contributed by atoms with E-state index in [9.17, 15) is 9.59 Å². The first-order valence-corrected chi connectivity index (χ1v) is 9.15. The van der Waals surface area contributed by atoms with Gasteiger partial charge in [0, 0.05) is 29.3 Å². The van der Waals surface area contributed by atoms with Gasteiger partial charge in [-0.3, -0.25) is 14.3 Å². The highest BCUT2D eigenvalue weighted by Crippen LogP contribution is 2.16. The number of amides is 1. The maximum atomic E-state index is 12.5. The van der Waals surface area contributed by atoms with Gasteiger partial charge in [0.25, 0.3) is 5.78 Å². The first-order valence-electron chi connectivity index (χ1n) is 7.89. The predicted octanol–water partition coefficient (Wildman–Crippen LogP) is 2.91. The van der Waals surface area contributed by atoms with Gasteiger partial charge in [0.2, 0.25) is 0 Å². The number of carbonyl (C=O) groups is 2. The second-order valence-electron chi connectivity index (χ2n) is 5.82. The maximum absolute atomic E-state index is 12.5. The Kier molecular flexibility index (Phi) is 5.20. The van der Waals surface area contributed by atoms with Crippen LogP contribution in [0.25, 0.3) is 0 Å². The molecule has 1 aromatic carbocycles. The second kappa shape index (κ2) is 7.39. The van der Waals surface area contributed by atoms with Gasteiger partial charge in [-0.1, -0.05) is 29.8 Å². The largest absolute Gasteiger partial charge is 0.320 e. The van der Waals surface area contributed by atoms with Gasteiger partial charge in [-0.15, -0.1) is 11.3 Å². The van der Waals surface area contributed by atoms with Crippen molar-refractivity contribution in [2.24, 2.45) is 12.0 Å². The maximum Gasteiger partial charge on any atom is 0.320 e. The lowest BCUT2D eigenvalue weighted by atomic mass is 10.1. The summed E-state index contributed by atoms with van der Waals surface area (Å²) in [5.74, 6) is -1.45. The van der Waals surface area contributed by atoms with Crippen LogP contribution in [0.2, 0.25) is 5.02 Å². The summed E-state index contributed by atoms with van der Waals surface area (Å²) in [6, 6.07) is 7.47. The topological polar surface area (TPSA) is 69.2 Å². The van der Waals surface area contributed by atoms with Crippen LogP contribution in [0.15, 0.2) is 40.8 Å². The number of ketones is 1. The van der Waals surface area contributed by atoms with E-state index in [0.29, 0.717) is 33.3 Å². The van der Waals surface area contributed by atoms with E-state index in [1.807, 2.05) is 35.8 Å². The zero-order valence-corrected chi connectivity index (χ0v) is 16.1. The van der Waals surface area contributed by atoms with Crippen molar-refractivity contribution in [3.05, 3.63) is 68.2 Å². The van der Waals surface area contributed by atoms with E-state index in [1.54, 1.807) is 30.1 Å². The van der Waals surface area contributed by atoms with Gasteiger partial charge < -0.3 is 4.57 Å². The first kappa shape index (κ1) is 18.3. The third kappa shape index (κ3) is 3.54. The Balaban J connectivity index is 1.91. The molecule has 0 saturated carbocycles. The standard InChI is InChI=1S/C18H17ClN4O2S/c1-11-15(12(2)22(3)21-11)16(24)17(25)20-18-23(8-9-26-18)10-13-6-4-5-7-14(13)19/h4-9H,10H2,1-3H3. The van der Waals surface area contributed by atoms with E-state index in [0.717, 1.165) is 5.56 Å². The van der Waals surface area contributed by atoms with Crippen LogP contribution in [-0.2, 0) is 18.4 Å². The molecule has 2 aromatic heterocycles. The molecule has 26 heavy (non-hydrogen) atoms. The molecule has 3 aromatic rings. The highest BCUT2D eigenvalue weighted by Gasteiger charge is 2.23. The molecule has 0 aliphatic rings. The first-order chi connectivity index (χ1) is 12.4. The number of aromatic nitrogens is 3. The zero-order valence-electron chi connectivity index (χ0n) is 14.6. The molecule has 0 saturated heterocycles. The zero-order chi connectivity index (χ0) is 18.8. The minimum absolute atomic E-state index is 0.315. The molecule has 0 N–H and O–H groups in total. The second-order valence-corrected chi connectivity index (χ2v) is 7.10. The van der Waals surface area contributed by atoms with E-state index in [4.69, 9.17) is 11.6 Å². The fourth-order valence-electron chi connectivity index (χ4n) is 2.66. The van der Waals surface area contributed by atoms with Crippen LogP contribution in [0, 0.1) is 13.8 Å². The molecule has 0 unspecified atom stereocenters. The summed E-state index contributed by atoms with van der Waals surface area (Å²) >= 11 is 7.48. The monoisotopic (exact) mass is 388 g/mol. The number of aryl methyl sites for hydroxylation is 2. The minimum Gasteiger partial charge on any atom is -0.319 e. The average Bonchev–Trinajstić information content (AvgIpc) is 3.13. The molecule has 0 radical (unpaired) electrons. The van der Waals surface area contributed by atoms with Crippen molar-refractivity contribution in [1.82, 2.24) is 14.3 Å². The Morgan fingerprint density at radius 2 is 2.00 bits per heavy atom. The fourth-order valence-corrected chi connectivity index (χ4v) is 3.59. The van der Waals surface area contributed by atoms with Crippen LogP contribution in [0.1, 0.15) is 27.3 Å². The van der Waals surface area contributed by atoms with Gasteiger partial charge in [-0.05, 0) is 25.5 Å². The van der Waals surface area contributed by atoms with Crippen LogP contribution >= 0.6 is 22.9 Å². The van der Waals surface area contributed by atoms with Crippen LogP contribution in [0.5, 0.6) is 0 Å². The van der Waals surface area contributed by atoms with Gasteiger partial charge in [0.15, 0.2) is 4.80 Å². The third-order valence-corrected chi connectivity index (χ3v) is 5.25. The van der Waals surface area contributed by atoms with Crippen molar-refractivity contribution in [2.75, 3.05) is 0 Å². The van der Waals surface area contributed by atoms with E-state index in [-0.39, 0.29) is 0 Å².